The van der Waals surface area contributed by atoms with Crippen molar-refractivity contribution < 1.29 is 4.74 Å². The van der Waals surface area contributed by atoms with E-state index in [1.165, 1.54) is 6.42 Å². The van der Waals surface area contributed by atoms with E-state index >= 15 is 0 Å². The zero-order valence-electron chi connectivity index (χ0n) is 12.7. The van der Waals surface area contributed by atoms with Crippen LogP contribution < -0.4 is 5.32 Å². The molecule has 1 aromatic carbocycles. The van der Waals surface area contributed by atoms with Gasteiger partial charge in [0.15, 0.2) is 0 Å². The molecule has 2 atom stereocenters. The fourth-order valence-corrected chi connectivity index (χ4v) is 3.27. The van der Waals surface area contributed by atoms with E-state index in [0.717, 1.165) is 30.8 Å². The largest absolute Gasteiger partial charge is 0.373 e. The minimum absolute atomic E-state index is 0.125. The Labute approximate surface area is 126 Å². The Kier molecular flexibility index (Phi) is 4.08. The fraction of sp³-hybridized carbons (Fsp3) is 0.471. The van der Waals surface area contributed by atoms with Crippen molar-refractivity contribution in [1.82, 2.24) is 15.1 Å². The number of rotatable bonds is 4. The van der Waals surface area contributed by atoms with Crippen molar-refractivity contribution in [2.75, 3.05) is 13.7 Å². The van der Waals surface area contributed by atoms with Crippen LogP contribution in [0.3, 0.4) is 0 Å². The molecule has 3 rings (SSSR count). The first kappa shape index (κ1) is 14.3. The number of aromatic nitrogens is 2. The van der Waals surface area contributed by atoms with Crippen LogP contribution in [0.25, 0.3) is 5.69 Å². The summed E-state index contributed by atoms with van der Waals surface area (Å²) in [7, 11) is 2.00. The van der Waals surface area contributed by atoms with E-state index in [1.807, 2.05) is 36.1 Å². The molecule has 1 saturated heterocycles. The van der Waals surface area contributed by atoms with Gasteiger partial charge in [-0.05, 0) is 51.4 Å². The highest BCUT2D eigenvalue weighted by molar-refractivity contribution is 5.33. The smallest absolute Gasteiger partial charge is 0.0863 e. The Morgan fingerprint density at radius 1 is 1.24 bits per heavy atom. The molecule has 1 aliphatic rings. The maximum atomic E-state index is 6.13. The number of benzene rings is 1. The molecular formula is C17H23N3O. The first-order valence-corrected chi connectivity index (χ1v) is 7.65. The number of nitrogens with zero attached hydrogens (tertiary/aromatic N) is 2. The average molecular weight is 285 g/mol. The molecule has 0 saturated carbocycles. The predicted octanol–water partition coefficient (Wildman–Crippen LogP) is 3.09. The lowest BCUT2D eigenvalue weighted by molar-refractivity contribution is -0.0896. The summed E-state index contributed by atoms with van der Waals surface area (Å²) in [6, 6.07) is 12.5. The van der Waals surface area contributed by atoms with Crippen molar-refractivity contribution in [3.05, 3.63) is 48.3 Å². The Hall–Kier alpha value is -1.65. The quantitative estimate of drug-likeness (QED) is 0.938. The third-order valence-corrected chi connectivity index (χ3v) is 4.37. The molecule has 2 heterocycles. The molecular weight excluding hydrogens is 262 g/mol. The van der Waals surface area contributed by atoms with E-state index < -0.39 is 0 Å². The molecule has 4 nitrogen and oxygen atoms in total. The van der Waals surface area contributed by atoms with Gasteiger partial charge in [0.25, 0.3) is 0 Å². The molecule has 0 aliphatic carbocycles. The monoisotopic (exact) mass is 285 g/mol. The van der Waals surface area contributed by atoms with E-state index in [9.17, 15) is 0 Å². The Balaban J connectivity index is 1.97. The van der Waals surface area contributed by atoms with Crippen LogP contribution in [0, 0.1) is 0 Å². The lowest BCUT2D eigenvalue weighted by Gasteiger charge is -2.40. The molecule has 1 aliphatic heterocycles. The van der Waals surface area contributed by atoms with Gasteiger partial charge in [0, 0.05) is 12.8 Å². The van der Waals surface area contributed by atoms with Crippen molar-refractivity contribution in [2.45, 2.75) is 37.8 Å². The summed E-state index contributed by atoms with van der Waals surface area (Å²) in [5, 5.41) is 7.94. The molecule has 0 spiro atoms. The number of nitrogens with one attached hydrogen (secondary N) is 1. The summed E-state index contributed by atoms with van der Waals surface area (Å²) in [5.74, 6) is 0. The lowest BCUT2D eigenvalue weighted by atomic mass is 9.86. The third-order valence-electron chi connectivity index (χ3n) is 4.37. The van der Waals surface area contributed by atoms with Gasteiger partial charge in [-0.3, -0.25) is 0 Å². The summed E-state index contributed by atoms with van der Waals surface area (Å²) >= 11 is 0. The SMILES string of the molecule is CNC(c1ccnn1-c1ccccc1)C1(C)CCCCO1. The van der Waals surface area contributed by atoms with Gasteiger partial charge in [0.05, 0.1) is 23.0 Å². The minimum atomic E-state index is -0.181. The van der Waals surface area contributed by atoms with Crippen LogP contribution in [-0.4, -0.2) is 29.0 Å². The van der Waals surface area contributed by atoms with Crippen LogP contribution in [0.15, 0.2) is 42.6 Å². The summed E-state index contributed by atoms with van der Waals surface area (Å²) in [4.78, 5) is 0. The van der Waals surface area contributed by atoms with E-state index in [-0.39, 0.29) is 11.6 Å². The van der Waals surface area contributed by atoms with Crippen LogP contribution in [-0.2, 0) is 4.74 Å². The summed E-state index contributed by atoms with van der Waals surface area (Å²) < 4.78 is 8.13. The second-order valence-corrected chi connectivity index (χ2v) is 5.84. The predicted molar refractivity (Wildman–Crippen MR) is 83.6 cm³/mol. The second kappa shape index (κ2) is 6.00. The number of hydrogen-bond donors (Lipinski definition) is 1. The highest BCUT2D eigenvalue weighted by Crippen LogP contribution is 2.36. The van der Waals surface area contributed by atoms with E-state index in [0.29, 0.717) is 0 Å². The zero-order chi connectivity index (χ0) is 14.7. The number of para-hydroxylation sites is 1. The first-order valence-electron chi connectivity index (χ1n) is 7.65. The van der Waals surface area contributed by atoms with E-state index in [1.54, 1.807) is 0 Å². The second-order valence-electron chi connectivity index (χ2n) is 5.84. The van der Waals surface area contributed by atoms with Crippen molar-refractivity contribution in [3.63, 3.8) is 0 Å². The molecule has 0 radical (unpaired) electrons. The van der Waals surface area contributed by atoms with Gasteiger partial charge < -0.3 is 10.1 Å². The molecule has 2 aromatic rings. The molecule has 4 heteroatoms. The Morgan fingerprint density at radius 2 is 2.05 bits per heavy atom. The number of hydrogen-bond acceptors (Lipinski definition) is 3. The van der Waals surface area contributed by atoms with Crippen LogP contribution >= 0.6 is 0 Å². The summed E-state index contributed by atoms with van der Waals surface area (Å²) in [6.07, 6.45) is 5.30. The Bertz CT molecular complexity index is 573. The maximum Gasteiger partial charge on any atom is 0.0863 e. The van der Waals surface area contributed by atoms with Crippen molar-refractivity contribution in [3.8, 4) is 5.69 Å². The summed E-state index contributed by atoms with van der Waals surface area (Å²) in [6.45, 7) is 3.05. The van der Waals surface area contributed by atoms with Crippen LogP contribution in [0.5, 0.6) is 0 Å². The van der Waals surface area contributed by atoms with Crippen molar-refractivity contribution >= 4 is 0 Å². The van der Waals surface area contributed by atoms with Gasteiger partial charge in [-0.25, -0.2) is 4.68 Å². The molecule has 112 valence electrons. The van der Waals surface area contributed by atoms with Gasteiger partial charge in [0.2, 0.25) is 0 Å². The number of ether oxygens (including phenoxy) is 1. The Morgan fingerprint density at radius 3 is 2.71 bits per heavy atom. The third kappa shape index (κ3) is 2.74. The van der Waals surface area contributed by atoms with Crippen molar-refractivity contribution in [1.29, 1.82) is 0 Å². The standard InChI is InChI=1S/C17H23N3O/c1-17(11-6-7-13-21-17)16(18-2)15-10-12-19-20(15)14-8-4-3-5-9-14/h3-5,8-10,12,16,18H,6-7,11,13H2,1-2H3. The van der Waals surface area contributed by atoms with Crippen molar-refractivity contribution in [2.24, 2.45) is 0 Å². The lowest BCUT2D eigenvalue weighted by Crippen LogP contribution is -2.45. The normalized spacial score (nSPS) is 23.9. The minimum Gasteiger partial charge on any atom is -0.373 e. The topological polar surface area (TPSA) is 39.1 Å². The van der Waals surface area contributed by atoms with Gasteiger partial charge in [-0.15, -0.1) is 0 Å². The van der Waals surface area contributed by atoms with Crippen LogP contribution in [0.4, 0.5) is 0 Å². The molecule has 1 N–H and O–H groups in total. The molecule has 21 heavy (non-hydrogen) atoms. The molecule has 0 amide bonds. The molecule has 1 aromatic heterocycles. The first-order chi connectivity index (χ1) is 10.2. The molecule has 1 fully saturated rings. The van der Waals surface area contributed by atoms with E-state index in [4.69, 9.17) is 4.74 Å². The van der Waals surface area contributed by atoms with Gasteiger partial charge in [-0.2, -0.15) is 5.10 Å². The molecule has 0 bridgehead atoms. The maximum absolute atomic E-state index is 6.13. The summed E-state index contributed by atoms with van der Waals surface area (Å²) in [5.41, 5.74) is 2.05. The van der Waals surface area contributed by atoms with Crippen LogP contribution in [0.2, 0.25) is 0 Å². The van der Waals surface area contributed by atoms with E-state index in [2.05, 4.69) is 35.5 Å². The zero-order valence-corrected chi connectivity index (χ0v) is 12.7. The van der Waals surface area contributed by atoms with Crippen LogP contribution in [0.1, 0.15) is 37.9 Å². The molecule has 2 unspecified atom stereocenters. The van der Waals surface area contributed by atoms with Gasteiger partial charge >= 0.3 is 0 Å². The highest BCUT2D eigenvalue weighted by Gasteiger charge is 2.38. The fourth-order valence-electron chi connectivity index (χ4n) is 3.27. The van der Waals surface area contributed by atoms with Gasteiger partial charge in [0.1, 0.15) is 0 Å². The average Bonchev–Trinajstić information content (AvgIpc) is 2.98. The number of likely N-dealkylation sites (N-methyl/N-ethyl adjacent to an activating group) is 1. The van der Waals surface area contributed by atoms with Gasteiger partial charge in [-0.1, -0.05) is 18.2 Å². The highest BCUT2D eigenvalue weighted by atomic mass is 16.5.